The van der Waals surface area contributed by atoms with Crippen LogP contribution in [0.1, 0.15) is 5.56 Å². The van der Waals surface area contributed by atoms with Crippen molar-refractivity contribution in [2.45, 2.75) is 5.16 Å². The number of halogens is 3. The number of rotatable bonds is 7. The molecule has 4 rings (SSSR count). The van der Waals surface area contributed by atoms with Gasteiger partial charge in [0.25, 0.3) is 5.91 Å². The molecule has 0 saturated heterocycles. The Bertz CT molecular complexity index is 1280. The zero-order valence-corrected chi connectivity index (χ0v) is 19.3. The van der Waals surface area contributed by atoms with Crippen molar-refractivity contribution in [2.75, 3.05) is 5.75 Å². The Labute approximate surface area is 203 Å². The van der Waals surface area contributed by atoms with Gasteiger partial charge in [-0.2, -0.15) is 5.10 Å². The van der Waals surface area contributed by atoms with Crippen LogP contribution in [0, 0.1) is 5.82 Å². The van der Waals surface area contributed by atoms with E-state index in [1.165, 1.54) is 30.1 Å². The number of carbonyl (C=O) groups excluding carboxylic acids is 1. The minimum Gasteiger partial charge on any atom is -0.272 e. The number of thioether (sulfide) groups is 1. The molecule has 0 aliphatic heterocycles. The third-order valence-corrected chi connectivity index (χ3v) is 5.98. The van der Waals surface area contributed by atoms with Gasteiger partial charge >= 0.3 is 0 Å². The lowest BCUT2D eigenvalue weighted by Gasteiger charge is -2.10. The van der Waals surface area contributed by atoms with E-state index in [0.29, 0.717) is 16.0 Å². The van der Waals surface area contributed by atoms with E-state index in [0.717, 1.165) is 11.3 Å². The molecule has 1 N–H and O–H groups in total. The summed E-state index contributed by atoms with van der Waals surface area (Å²) in [6, 6.07) is 21.1. The normalized spacial score (nSPS) is 11.1. The van der Waals surface area contributed by atoms with Gasteiger partial charge in [0, 0.05) is 21.8 Å². The fourth-order valence-electron chi connectivity index (χ4n) is 2.92. The topological polar surface area (TPSA) is 72.2 Å². The minimum atomic E-state index is -0.527. The van der Waals surface area contributed by atoms with Crippen molar-refractivity contribution in [3.8, 4) is 17.1 Å². The molecule has 0 spiro atoms. The highest BCUT2D eigenvalue weighted by Crippen LogP contribution is 2.28. The van der Waals surface area contributed by atoms with E-state index in [9.17, 15) is 9.18 Å². The Hall–Kier alpha value is -3.20. The van der Waals surface area contributed by atoms with E-state index < -0.39 is 5.82 Å². The molecule has 0 radical (unpaired) electrons. The Morgan fingerprint density at radius 3 is 2.52 bits per heavy atom. The SMILES string of the molecule is O=C(CSc1nnc(-c2ccc(Cl)cc2)n1-c1ccccc1)N/N=C/c1c(F)cccc1Cl. The maximum atomic E-state index is 13.8. The summed E-state index contributed by atoms with van der Waals surface area (Å²) in [5.74, 6) is -0.276. The molecular formula is C23H16Cl2FN5OS. The number of nitrogens with one attached hydrogen (secondary N) is 1. The van der Waals surface area contributed by atoms with Crippen LogP contribution in [-0.2, 0) is 4.79 Å². The van der Waals surface area contributed by atoms with Crippen molar-refractivity contribution in [2.24, 2.45) is 5.10 Å². The van der Waals surface area contributed by atoms with Gasteiger partial charge in [-0.1, -0.05) is 59.2 Å². The van der Waals surface area contributed by atoms with Crippen molar-refractivity contribution < 1.29 is 9.18 Å². The molecule has 0 atom stereocenters. The molecule has 0 bridgehead atoms. The number of hydrogen-bond donors (Lipinski definition) is 1. The van der Waals surface area contributed by atoms with E-state index in [1.54, 1.807) is 18.2 Å². The van der Waals surface area contributed by atoms with Crippen molar-refractivity contribution >= 4 is 47.1 Å². The van der Waals surface area contributed by atoms with E-state index in [2.05, 4.69) is 20.7 Å². The quantitative estimate of drug-likeness (QED) is 0.203. The number of aromatic nitrogens is 3. The van der Waals surface area contributed by atoms with Gasteiger partial charge in [0.2, 0.25) is 0 Å². The Balaban J connectivity index is 1.50. The third kappa shape index (κ3) is 5.60. The summed E-state index contributed by atoms with van der Waals surface area (Å²) in [4.78, 5) is 12.3. The summed E-state index contributed by atoms with van der Waals surface area (Å²) in [6.07, 6.45) is 1.17. The highest BCUT2D eigenvalue weighted by atomic mass is 35.5. The van der Waals surface area contributed by atoms with Crippen LogP contribution >= 0.6 is 35.0 Å². The monoisotopic (exact) mass is 499 g/mol. The predicted octanol–water partition coefficient (Wildman–Crippen LogP) is 5.62. The number of carbonyl (C=O) groups is 1. The Morgan fingerprint density at radius 1 is 1.03 bits per heavy atom. The van der Waals surface area contributed by atoms with E-state index in [4.69, 9.17) is 23.2 Å². The van der Waals surface area contributed by atoms with Crippen LogP contribution in [0.5, 0.6) is 0 Å². The molecule has 0 unspecified atom stereocenters. The fraction of sp³-hybridized carbons (Fsp3) is 0.0435. The minimum absolute atomic E-state index is 0.0218. The smallest absolute Gasteiger partial charge is 0.250 e. The zero-order valence-electron chi connectivity index (χ0n) is 17.0. The molecule has 166 valence electrons. The molecule has 0 aliphatic rings. The second kappa shape index (κ2) is 10.6. The van der Waals surface area contributed by atoms with Gasteiger partial charge in [0.05, 0.1) is 17.0 Å². The van der Waals surface area contributed by atoms with Crippen LogP contribution in [-0.4, -0.2) is 32.6 Å². The van der Waals surface area contributed by atoms with E-state index >= 15 is 0 Å². The molecule has 1 heterocycles. The summed E-state index contributed by atoms with van der Waals surface area (Å²) >= 11 is 13.2. The average Bonchev–Trinajstić information content (AvgIpc) is 3.24. The summed E-state index contributed by atoms with van der Waals surface area (Å²) in [5.41, 5.74) is 4.15. The average molecular weight is 500 g/mol. The number of hydrogen-bond acceptors (Lipinski definition) is 5. The zero-order chi connectivity index (χ0) is 23.2. The third-order valence-electron chi connectivity index (χ3n) is 4.47. The molecule has 1 aromatic heterocycles. The molecule has 0 aliphatic carbocycles. The Kier molecular flexibility index (Phi) is 7.39. The van der Waals surface area contributed by atoms with E-state index in [-0.39, 0.29) is 22.2 Å². The lowest BCUT2D eigenvalue weighted by Crippen LogP contribution is -2.20. The standard InChI is InChI=1S/C23H16Cl2FN5OS/c24-16-11-9-15(10-12-16)22-29-30-23(31(22)17-5-2-1-3-6-17)33-14-21(32)28-27-13-18-19(25)7-4-8-20(18)26/h1-13H,14H2,(H,28,32)/b27-13+. The number of para-hydroxylation sites is 1. The van der Waals surface area contributed by atoms with Gasteiger partial charge in [0.15, 0.2) is 11.0 Å². The van der Waals surface area contributed by atoms with Crippen LogP contribution in [0.25, 0.3) is 17.1 Å². The van der Waals surface area contributed by atoms with Crippen LogP contribution in [0.2, 0.25) is 10.0 Å². The summed E-state index contributed by atoms with van der Waals surface area (Å²) in [7, 11) is 0. The van der Waals surface area contributed by atoms with Crippen LogP contribution in [0.4, 0.5) is 4.39 Å². The van der Waals surface area contributed by atoms with Gasteiger partial charge in [-0.25, -0.2) is 9.82 Å². The van der Waals surface area contributed by atoms with Gasteiger partial charge < -0.3 is 0 Å². The van der Waals surface area contributed by atoms with Crippen molar-refractivity contribution in [3.63, 3.8) is 0 Å². The molecule has 33 heavy (non-hydrogen) atoms. The Morgan fingerprint density at radius 2 is 1.79 bits per heavy atom. The molecule has 10 heteroatoms. The van der Waals surface area contributed by atoms with Gasteiger partial charge in [-0.15, -0.1) is 10.2 Å². The maximum Gasteiger partial charge on any atom is 0.250 e. The molecule has 0 fully saturated rings. The fourth-order valence-corrected chi connectivity index (χ4v) is 4.01. The summed E-state index contributed by atoms with van der Waals surface area (Å²) in [5, 5.41) is 13.7. The molecule has 3 aromatic carbocycles. The van der Waals surface area contributed by atoms with Gasteiger partial charge in [0.1, 0.15) is 5.82 Å². The number of hydrazone groups is 1. The second-order valence-electron chi connectivity index (χ2n) is 6.70. The first-order valence-electron chi connectivity index (χ1n) is 9.68. The van der Waals surface area contributed by atoms with Crippen molar-refractivity contribution in [3.05, 3.63) is 94.2 Å². The molecule has 0 saturated carbocycles. The summed E-state index contributed by atoms with van der Waals surface area (Å²) < 4.78 is 15.7. The van der Waals surface area contributed by atoms with Gasteiger partial charge in [-0.3, -0.25) is 9.36 Å². The second-order valence-corrected chi connectivity index (χ2v) is 8.49. The van der Waals surface area contributed by atoms with E-state index in [1.807, 2.05) is 47.0 Å². The molecule has 6 nitrogen and oxygen atoms in total. The predicted molar refractivity (Wildman–Crippen MR) is 130 cm³/mol. The summed E-state index contributed by atoms with van der Waals surface area (Å²) in [6.45, 7) is 0. The first-order chi connectivity index (χ1) is 16.0. The van der Waals surface area contributed by atoms with Gasteiger partial charge in [-0.05, 0) is 48.5 Å². The highest BCUT2D eigenvalue weighted by molar-refractivity contribution is 7.99. The first kappa shape index (κ1) is 23.0. The maximum absolute atomic E-state index is 13.8. The van der Waals surface area contributed by atoms with Crippen LogP contribution in [0.15, 0.2) is 83.1 Å². The largest absolute Gasteiger partial charge is 0.272 e. The highest BCUT2D eigenvalue weighted by Gasteiger charge is 2.17. The molecule has 1 amide bonds. The number of nitrogens with zero attached hydrogens (tertiary/aromatic N) is 4. The lowest BCUT2D eigenvalue weighted by molar-refractivity contribution is -0.118. The van der Waals surface area contributed by atoms with Crippen molar-refractivity contribution in [1.29, 1.82) is 0 Å². The first-order valence-corrected chi connectivity index (χ1v) is 11.4. The van der Waals surface area contributed by atoms with Crippen LogP contribution in [0.3, 0.4) is 0 Å². The molecular weight excluding hydrogens is 484 g/mol. The van der Waals surface area contributed by atoms with Crippen LogP contribution < -0.4 is 5.43 Å². The molecule has 4 aromatic rings. The lowest BCUT2D eigenvalue weighted by atomic mass is 10.2. The van der Waals surface area contributed by atoms with Crippen molar-refractivity contribution in [1.82, 2.24) is 20.2 Å². The number of benzene rings is 3. The number of amides is 1.